The Balaban J connectivity index is 1.63. The molecule has 0 bridgehead atoms. The van der Waals surface area contributed by atoms with Crippen molar-refractivity contribution in [2.24, 2.45) is 5.73 Å². The molecule has 0 aliphatic carbocycles. The number of aromatic nitrogens is 3. The zero-order valence-corrected chi connectivity index (χ0v) is 25.1. The summed E-state index contributed by atoms with van der Waals surface area (Å²) >= 11 is 1.26. The molecule has 0 saturated heterocycles. The Morgan fingerprint density at radius 3 is 2.16 bits per heavy atom. The summed E-state index contributed by atoms with van der Waals surface area (Å²) in [5.74, 6) is 0.0823. The highest BCUT2D eigenvalue weighted by molar-refractivity contribution is 7.99. The fourth-order valence-corrected chi connectivity index (χ4v) is 6.40. The van der Waals surface area contributed by atoms with Crippen molar-refractivity contribution in [3.63, 3.8) is 0 Å². The monoisotopic (exact) mass is 590 g/mol. The Kier molecular flexibility index (Phi) is 7.50. The lowest BCUT2D eigenvalue weighted by Gasteiger charge is -2.28. The summed E-state index contributed by atoms with van der Waals surface area (Å²) in [6, 6.07) is 25.3. The molecule has 8 nitrogen and oxygen atoms in total. The molecule has 0 amide bonds. The van der Waals surface area contributed by atoms with Crippen LogP contribution in [-0.2, 0) is 9.53 Å². The number of ether oxygens (including phenoxy) is 2. The molecule has 9 heteroatoms. The Labute approximate surface area is 253 Å². The SMILES string of the molecule is CCOC(=O)C1=C(N)n2c(nc3nc(-c4ccc(C)cc4)cc(-c4ccc(C)cc4)c3c2=O)SC1c1ccc(OC)cc1. The molecule has 3 heterocycles. The quantitative estimate of drug-likeness (QED) is 0.182. The Hall–Kier alpha value is -4.89. The van der Waals surface area contributed by atoms with E-state index in [1.165, 1.54) is 16.3 Å². The average molecular weight is 591 g/mol. The van der Waals surface area contributed by atoms with E-state index in [0.717, 1.165) is 27.8 Å². The van der Waals surface area contributed by atoms with E-state index in [-0.39, 0.29) is 18.0 Å². The van der Waals surface area contributed by atoms with Crippen LogP contribution in [0.25, 0.3) is 39.2 Å². The third kappa shape index (κ3) is 5.17. The number of nitrogens with zero attached hydrogens (tertiary/aromatic N) is 3. The van der Waals surface area contributed by atoms with Crippen LogP contribution in [0.15, 0.2) is 94.4 Å². The smallest absolute Gasteiger partial charge is 0.339 e. The Morgan fingerprint density at radius 2 is 1.56 bits per heavy atom. The van der Waals surface area contributed by atoms with Crippen molar-refractivity contribution in [3.05, 3.63) is 111 Å². The number of hydrogen-bond acceptors (Lipinski definition) is 8. The number of nitrogens with two attached hydrogens (primary N) is 1. The van der Waals surface area contributed by atoms with Gasteiger partial charge in [0.1, 0.15) is 11.6 Å². The van der Waals surface area contributed by atoms with Gasteiger partial charge < -0.3 is 15.2 Å². The molecule has 0 fully saturated rings. The van der Waals surface area contributed by atoms with Crippen LogP contribution in [0.5, 0.6) is 5.75 Å². The molecule has 1 unspecified atom stereocenters. The van der Waals surface area contributed by atoms with Crippen LogP contribution >= 0.6 is 11.8 Å². The molecule has 0 spiro atoms. The second-order valence-corrected chi connectivity index (χ2v) is 11.4. The molecule has 1 aliphatic rings. The first-order chi connectivity index (χ1) is 20.8. The number of carbonyl (C=O) groups excluding carboxylic acids is 1. The predicted octanol–water partition coefficient (Wildman–Crippen LogP) is 6.29. The summed E-state index contributed by atoms with van der Waals surface area (Å²) < 4.78 is 12.0. The van der Waals surface area contributed by atoms with Crippen molar-refractivity contribution in [2.75, 3.05) is 13.7 Å². The van der Waals surface area contributed by atoms with E-state index < -0.39 is 16.8 Å². The third-order valence-corrected chi connectivity index (χ3v) is 8.66. The molecule has 216 valence electrons. The molecule has 43 heavy (non-hydrogen) atoms. The number of esters is 1. The minimum atomic E-state index is -0.586. The summed E-state index contributed by atoms with van der Waals surface area (Å²) in [6.45, 7) is 5.94. The van der Waals surface area contributed by atoms with Gasteiger partial charge in [-0.05, 0) is 50.1 Å². The fourth-order valence-electron chi connectivity index (χ4n) is 5.14. The number of pyridine rings is 1. The average Bonchev–Trinajstić information content (AvgIpc) is 3.01. The molecule has 2 N–H and O–H groups in total. The van der Waals surface area contributed by atoms with E-state index in [9.17, 15) is 9.59 Å². The van der Waals surface area contributed by atoms with Gasteiger partial charge in [-0.25, -0.2) is 19.3 Å². The summed E-state index contributed by atoms with van der Waals surface area (Å²) in [5, 5.41) is 0.0940. The molecule has 0 radical (unpaired) electrons. The highest BCUT2D eigenvalue weighted by Crippen LogP contribution is 2.46. The van der Waals surface area contributed by atoms with Crippen LogP contribution in [0, 0.1) is 13.8 Å². The Bertz CT molecular complexity index is 1950. The number of hydrogen-bond donors (Lipinski definition) is 1. The van der Waals surface area contributed by atoms with Gasteiger partial charge >= 0.3 is 5.97 Å². The topological polar surface area (TPSA) is 109 Å². The first-order valence-corrected chi connectivity index (χ1v) is 14.8. The summed E-state index contributed by atoms with van der Waals surface area (Å²) in [7, 11) is 1.59. The van der Waals surface area contributed by atoms with E-state index in [1.54, 1.807) is 14.0 Å². The van der Waals surface area contributed by atoms with Gasteiger partial charge in [0.05, 0.1) is 35.6 Å². The summed E-state index contributed by atoms with van der Waals surface area (Å²) in [5.41, 5.74) is 12.9. The standard InChI is InChI=1S/C34H30N4O4S/c1-5-42-33(40)28-29(23-14-16-24(41-4)17-15-23)43-34-37-31-27(32(39)38(34)30(28)35)25(21-10-6-19(2)7-11-21)18-26(36-31)22-12-8-20(3)9-13-22/h6-18,29H,5,35H2,1-4H3. The molecule has 5 aromatic rings. The maximum absolute atomic E-state index is 14.4. The number of rotatable bonds is 6. The van der Waals surface area contributed by atoms with Crippen LogP contribution in [0.1, 0.15) is 28.9 Å². The molecule has 3 aromatic carbocycles. The van der Waals surface area contributed by atoms with Crippen LogP contribution in [-0.4, -0.2) is 34.2 Å². The maximum atomic E-state index is 14.4. The van der Waals surface area contributed by atoms with Gasteiger partial charge in [-0.2, -0.15) is 0 Å². The normalized spacial score (nSPS) is 14.5. The fraction of sp³-hybridized carbons (Fsp3) is 0.176. The minimum Gasteiger partial charge on any atom is -0.497 e. The zero-order valence-electron chi connectivity index (χ0n) is 24.3. The molecule has 0 saturated carbocycles. The van der Waals surface area contributed by atoms with Crippen molar-refractivity contribution in [1.29, 1.82) is 0 Å². The highest BCUT2D eigenvalue weighted by Gasteiger charge is 2.36. The van der Waals surface area contributed by atoms with Crippen molar-refractivity contribution in [3.8, 4) is 28.1 Å². The third-order valence-electron chi connectivity index (χ3n) is 7.44. The number of fused-ring (bicyclic) bond motifs is 2. The van der Waals surface area contributed by atoms with Gasteiger partial charge in [-0.15, -0.1) is 0 Å². The summed E-state index contributed by atoms with van der Waals surface area (Å²) in [6.07, 6.45) is 0. The van der Waals surface area contributed by atoms with E-state index in [0.29, 0.717) is 33.2 Å². The molecule has 2 aromatic heterocycles. The van der Waals surface area contributed by atoms with Gasteiger partial charge in [0.15, 0.2) is 10.8 Å². The van der Waals surface area contributed by atoms with Crippen molar-refractivity contribution in [1.82, 2.24) is 14.5 Å². The van der Waals surface area contributed by atoms with E-state index in [4.69, 9.17) is 25.2 Å². The van der Waals surface area contributed by atoms with E-state index in [1.807, 2.05) is 92.7 Å². The molecule has 6 rings (SSSR count). The zero-order chi connectivity index (χ0) is 30.2. The van der Waals surface area contributed by atoms with Crippen molar-refractivity contribution in [2.45, 2.75) is 31.2 Å². The minimum absolute atomic E-state index is 0.00937. The molecule has 1 atom stereocenters. The van der Waals surface area contributed by atoms with Gasteiger partial charge in [0.25, 0.3) is 5.56 Å². The lowest BCUT2D eigenvalue weighted by Crippen LogP contribution is -2.33. The number of methoxy groups -OCH3 is 1. The van der Waals surface area contributed by atoms with E-state index in [2.05, 4.69) is 0 Å². The number of aryl methyl sites for hydroxylation is 2. The maximum Gasteiger partial charge on any atom is 0.339 e. The van der Waals surface area contributed by atoms with Crippen LogP contribution in [0.2, 0.25) is 0 Å². The molecular formula is C34H30N4O4S. The second kappa shape index (κ2) is 11.4. The second-order valence-electron chi connectivity index (χ2n) is 10.3. The lowest BCUT2D eigenvalue weighted by molar-refractivity contribution is -0.138. The first-order valence-electron chi connectivity index (χ1n) is 13.9. The van der Waals surface area contributed by atoms with Crippen LogP contribution in [0.4, 0.5) is 0 Å². The Morgan fingerprint density at radius 1 is 0.930 bits per heavy atom. The van der Waals surface area contributed by atoms with Gasteiger partial charge in [-0.1, -0.05) is 83.6 Å². The first kappa shape index (κ1) is 28.2. The van der Waals surface area contributed by atoms with Crippen molar-refractivity contribution >= 4 is 34.6 Å². The van der Waals surface area contributed by atoms with Crippen molar-refractivity contribution < 1.29 is 14.3 Å². The van der Waals surface area contributed by atoms with E-state index >= 15 is 0 Å². The molecular weight excluding hydrogens is 560 g/mol. The van der Waals surface area contributed by atoms with Crippen LogP contribution in [0.3, 0.4) is 0 Å². The summed E-state index contributed by atoms with van der Waals surface area (Å²) in [4.78, 5) is 37.5. The predicted molar refractivity (Wildman–Crippen MR) is 170 cm³/mol. The van der Waals surface area contributed by atoms with Crippen LogP contribution < -0.4 is 16.0 Å². The largest absolute Gasteiger partial charge is 0.497 e. The molecule has 1 aliphatic heterocycles. The lowest BCUT2D eigenvalue weighted by atomic mass is 9.99. The number of thioether (sulfide) groups is 1. The van der Waals surface area contributed by atoms with Gasteiger partial charge in [-0.3, -0.25) is 4.79 Å². The highest BCUT2D eigenvalue weighted by atomic mass is 32.2. The van der Waals surface area contributed by atoms with Gasteiger partial charge in [0.2, 0.25) is 0 Å². The number of benzene rings is 3. The van der Waals surface area contributed by atoms with Gasteiger partial charge in [0, 0.05) is 11.1 Å². The number of carbonyl (C=O) groups is 1.